The molecule has 0 bridgehead atoms. The Morgan fingerprint density at radius 1 is 1.04 bits per heavy atom. The van der Waals surface area contributed by atoms with Gasteiger partial charge in [0.1, 0.15) is 4.90 Å². The zero-order valence-corrected chi connectivity index (χ0v) is 17.5. The number of hydrogen-bond donors (Lipinski definition) is 0. The van der Waals surface area contributed by atoms with Crippen LogP contribution in [0.15, 0.2) is 41.6 Å². The average Bonchev–Trinajstić information content (AvgIpc) is 3.12. The third kappa shape index (κ3) is 4.59. The van der Waals surface area contributed by atoms with Gasteiger partial charge in [-0.3, -0.25) is 9.58 Å². The van der Waals surface area contributed by atoms with E-state index < -0.39 is 10.0 Å². The maximum Gasteiger partial charge on any atom is 0.246 e. The molecule has 0 spiro atoms. The van der Waals surface area contributed by atoms with Gasteiger partial charge in [-0.2, -0.15) is 9.40 Å². The number of piperazine rings is 1. The molecular weight excluding hydrogens is 360 g/mol. The quantitative estimate of drug-likeness (QED) is 0.788. The van der Waals surface area contributed by atoms with Crippen LogP contribution in [-0.2, 0) is 28.5 Å². The molecule has 0 unspecified atom stereocenters. The maximum absolute atomic E-state index is 12.8. The van der Waals surface area contributed by atoms with Gasteiger partial charge in [0, 0.05) is 45.5 Å². The molecule has 2 aromatic rings. The van der Waals surface area contributed by atoms with Crippen molar-refractivity contribution < 1.29 is 8.42 Å². The summed E-state index contributed by atoms with van der Waals surface area (Å²) in [4.78, 5) is 2.60. The highest BCUT2D eigenvalue weighted by molar-refractivity contribution is 7.89. The van der Waals surface area contributed by atoms with Crippen molar-refractivity contribution in [3.05, 3.63) is 47.8 Å². The number of hydrogen-bond acceptors (Lipinski definition) is 4. The second-order valence-electron chi connectivity index (χ2n) is 8.16. The minimum absolute atomic E-state index is 0.157. The van der Waals surface area contributed by atoms with E-state index in [9.17, 15) is 8.42 Å². The van der Waals surface area contributed by atoms with E-state index in [2.05, 4.69) is 55.0 Å². The highest BCUT2D eigenvalue weighted by Crippen LogP contribution is 2.23. The van der Waals surface area contributed by atoms with Gasteiger partial charge in [-0.15, -0.1) is 0 Å². The van der Waals surface area contributed by atoms with Gasteiger partial charge >= 0.3 is 0 Å². The molecule has 0 aliphatic carbocycles. The lowest BCUT2D eigenvalue weighted by atomic mass is 9.87. The molecule has 148 valence electrons. The summed E-state index contributed by atoms with van der Waals surface area (Å²) >= 11 is 0. The Labute approximate surface area is 162 Å². The second kappa shape index (κ2) is 7.73. The van der Waals surface area contributed by atoms with E-state index >= 15 is 0 Å². The molecule has 0 radical (unpaired) electrons. The van der Waals surface area contributed by atoms with Crippen molar-refractivity contribution in [2.45, 2.75) is 51.1 Å². The Bertz CT molecular complexity index is 858. The van der Waals surface area contributed by atoms with E-state index in [1.807, 2.05) is 6.92 Å². The lowest BCUT2D eigenvalue weighted by molar-refractivity contribution is 0.181. The predicted octanol–water partition coefficient (Wildman–Crippen LogP) is 2.71. The van der Waals surface area contributed by atoms with Crippen molar-refractivity contribution in [3.8, 4) is 0 Å². The molecule has 1 aliphatic rings. The summed E-state index contributed by atoms with van der Waals surface area (Å²) in [6.45, 7) is 12.6. The standard InChI is InChI=1S/C20H30N4O2S/c1-5-23-16-19(14-21-23)27(25,26)24-12-10-22(11-13-24)15-17-6-8-18(9-7-17)20(2,3)4/h6-9,14,16H,5,10-13,15H2,1-4H3. The van der Waals surface area contributed by atoms with Crippen molar-refractivity contribution in [3.63, 3.8) is 0 Å². The minimum Gasteiger partial charge on any atom is -0.296 e. The third-order valence-corrected chi connectivity index (χ3v) is 6.98. The predicted molar refractivity (Wildman–Crippen MR) is 107 cm³/mol. The van der Waals surface area contributed by atoms with Gasteiger partial charge < -0.3 is 0 Å². The number of nitrogens with zero attached hydrogens (tertiary/aromatic N) is 4. The first-order valence-corrected chi connectivity index (χ1v) is 11.0. The van der Waals surface area contributed by atoms with Crippen LogP contribution in [0.1, 0.15) is 38.8 Å². The van der Waals surface area contributed by atoms with E-state index in [0.29, 0.717) is 19.6 Å². The van der Waals surface area contributed by atoms with Crippen LogP contribution < -0.4 is 0 Å². The minimum atomic E-state index is -3.45. The summed E-state index contributed by atoms with van der Waals surface area (Å²) in [6.07, 6.45) is 3.06. The van der Waals surface area contributed by atoms with Gasteiger partial charge in [0.15, 0.2) is 0 Å². The van der Waals surface area contributed by atoms with Gasteiger partial charge in [-0.1, -0.05) is 45.0 Å². The van der Waals surface area contributed by atoms with Gasteiger partial charge in [0.05, 0.1) is 6.20 Å². The first-order chi connectivity index (χ1) is 12.7. The summed E-state index contributed by atoms with van der Waals surface area (Å²) in [5.74, 6) is 0. The van der Waals surface area contributed by atoms with Crippen LogP contribution in [0.3, 0.4) is 0 Å². The first kappa shape index (κ1) is 20.0. The van der Waals surface area contributed by atoms with Crippen molar-refractivity contribution in [1.82, 2.24) is 19.0 Å². The molecule has 27 heavy (non-hydrogen) atoms. The first-order valence-electron chi connectivity index (χ1n) is 9.54. The zero-order chi connectivity index (χ0) is 19.7. The maximum atomic E-state index is 12.8. The molecule has 1 aromatic heterocycles. The van der Waals surface area contributed by atoms with E-state index in [4.69, 9.17) is 0 Å². The smallest absolute Gasteiger partial charge is 0.246 e. The topological polar surface area (TPSA) is 58.4 Å². The summed E-state index contributed by atoms with van der Waals surface area (Å²) in [6, 6.07) is 8.76. The van der Waals surface area contributed by atoms with Crippen LogP contribution in [0.25, 0.3) is 0 Å². The van der Waals surface area contributed by atoms with Crippen LogP contribution in [0, 0.1) is 0 Å². The largest absolute Gasteiger partial charge is 0.296 e. The molecule has 7 heteroatoms. The molecular formula is C20H30N4O2S. The molecule has 1 saturated heterocycles. The average molecular weight is 391 g/mol. The molecule has 0 N–H and O–H groups in total. The number of aromatic nitrogens is 2. The SMILES string of the molecule is CCn1cc(S(=O)(=O)N2CCN(Cc3ccc(C(C)(C)C)cc3)CC2)cn1. The van der Waals surface area contributed by atoms with Crippen LogP contribution in [0.2, 0.25) is 0 Å². The fourth-order valence-corrected chi connectivity index (χ4v) is 4.67. The molecule has 0 amide bonds. The van der Waals surface area contributed by atoms with Gasteiger partial charge in [0.2, 0.25) is 10.0 Å². The second-order valence-corrected chi connectivity index (χ2v) is 10.1. The Morgan fingerprint density at radius 3 is 2.19 bits per heavy atom. The van der Waals surface area contributed by atoms with Gasteiger partial charge in [0.25, 0.3) is 0 Å². The molecule has 0 atom stereocenters. The van der Waals surface area contributed by atoms with E-state index in [-0.39, 0.29) is 10.3 Å². The van der Waals surface area contributed by atoms with Gasteiger partial charge in [-0.25, -0.2) is 8.42 Å². The van der Waals surface area contributed by atoms with E-state index in [0.717, 1.165) is 19.6 Å². The Kier molecular flexibility index (Phi) is 5.74. The molecule has 2 heterocycles. The van der Waals surface area contributed by atoms with Crippen LogP contribution in [-0.4, -0.2) is 53.6 Å². The van der Waals surface area contributed by atoms with Crippen molar-refractivity contribution in [1.29, 1.82) is 0 Å². The summed E-state index contributed by atoms with van der Waals surface area (Å²) in [5, 5.41) is 4.09. The zero-order valence-electron chi connectivity index (χ0n) is 16.7. The van der Waals surface area contributed by atoms with E-state index in [1.165, 1.54) is 17.3 Å². The third-order valence-electron chi connectivity index (χ3n) is 5.13. The fourth-order valence-electron chi connectivity index (χ4n) is 3.30. The number of benzene rings is 1. The molecule has 0 saturated carbocycles. The van der Waals surface area contributed by atoms with Crippen molar-refractivity contribution >= 4 is 10.0 Å². The lowest BCUT2D eigenvalue weighted by Gasteiger charge is -2.33. The van der Waals surface area contributed by atoms with Gasteiger partial charge in [-0.05, 0) is 23.5 Å². The summed E-state index contributed by atoms with van der Waals surface area (Å²) in [5.41, 5.74) is 2.75. The summed E-state index contributed by atoms with van der Waals surface area (Å²) in [7, 11) is -3.45. The van der Waals surface area contributed by atoms with E-state index in [1.54, 1.807) is 15.2 Å². The van der Waals surface area contributed by atoms with Crippen molar-refractivity contribution in [2.75, 3.05) is 26.2 Å². The molecule has 1 fully saturated rings. The number of sulfonamides is 1. The van der Waals surface area contributed by atoms with Crippen LogP contribution in [0.4, 0.5) is 0 Å². The normalized spacial score (nSPS) is 17.3. The molecule has 1 aliphatic heterocycles. The monoisotopic (exact) mass is 390 g/mol. The highest BCUT2D eigenvalue weighted by Gasteiger charge is 2.29. The highest BCUT2D eigenvalue weighted by atomic mass is 32.2. The molecule has 1 aromatic carbocycles. The lowest BCUT2D eigenvalue weighted by Crippen LogP contribution is -2.48. The van der Waals surface area contributed by atoms with Crippen molar-refractivity contribution in [2.24, 2.45) is 0 Å². The number of aryl methyl sites for hydroxylation is 1. The Morgan fingerprint density at radius 2 is 1.67 bits per heavy atom. The Hall–Kier alpha value is -1.70. The summed E-state index contributed by atoms with van der Waals surface area (Å²) < 4.78 is 28.7. The molecule has 3 rings (SSSR count). The molecule has 6 nitrogen and oxygen atoms in total. The Balaban J connectivity index is 1.58. The fraction of sp³-hybridized carbons (Fsp3) is 0.550. The number of rotatable bonds is 5. The van der Waals surface area contributed by atoms with Crippen LogP contribution in [0.5, 0.6) is 0 Å². The van der Waals surface area contributed by atoms with Crippen LogP contribution >= 0.6 is 0 Å².